The van der Waals surface area contributed by atoms with Crippen LogP contribution in [-0.4, -0.2) is 52.4 Å². The molecule has 3 aliphatic heterocycles. The van der Waals surface area contributed by atoms with Crippen LogP contribution in [0.3, 0.4) is 0 Å². The Balaban J connectivity index is 1.16. The van der Waals surface area contributed by atoms with E-state index in [1.807, 2.05) is 10.6 Å². The van der Waals surface area contributed by atoms with E-state index < -0.39 is 5.60 Å². The molecule has 7 nitrogen and oxygen atoms in total. The first-order valence-electron chi connectivity index (χ1n) is 12.8. The molecule has 184 valence electrons. The molecule has 5 aliphatic rings. The van der Waals surface area contributed by atoms with Crippen LogP contribution in [0.1, 0.15) is 49.6 Å². The molecule has 5 fully saturated rings. The second kappa shape index (κ2) is 7.24. The molecule has 3 saturated heterocycles. The van der Waals surface area contributed by atoms with Crippen molar-refractivity contribution in [2.24, 2.45) is 11.7 Å². The number of halogens is 1. The van der Waals surface area contributed by atoms with Gasteiger partial charge >= 0.3 is 0 Å². The molecule has 0 amide bonds. The summed E-state index contributed by atoms with van der Waals surface area (Å²) < 4.78 is 22.1. The zero-order valence-electron chi connectivity index (χ0n) is 20.4. The lowest BCUT2D eigenvalue weighted by Gasteiger charge is -2.43. The molecular weight excluding hydrogens is 443 g/mol. The molecule has 5 heterocycles. The Hall–Kier alpha value is -2.55. The van der Waals surface area contributed by atoms with Crippen LogP contribution < -0.4 is 16.0 Å². The van der Waals surface area contributed by atoms with Gasteiger partial charge in [0.05, 0.1) is 18.5 Å². The lowest BCUT2D eigenvalue weighted by molar-refractivity contribution is -0.0421. The van der Waals surface area contributed by atoms with E-state index in [9.17, 15) is 4.39 Å². The van der Waals surface area contributed by atoms with Crippen LogP contribution in [-0.2, 0) is 15.8 Å². The Morgan fingerprint density at radius 2 is 2.11 bits per heavy atom. The maximum atomic E-state index is 13.9. The van der Waals surface area contributed by atoms with Gasteiger partial charge in [-0.1, -0.05) is 19.1 Å². The van der Waals surface area contributed by atoms with E-state index in [1.54, 1.807) is 12.1 Å². The van der Waals surface area contributed by atoms with Crippen LogP contribution in [0.4, 0.5) is 10.1 Å². The van der Waals surface area contributed by atoms with Crippen LogP contribution >= 0.6 is 0 Å². The Morgan fingerprint density at radius 3 is 2.89 bits per heavy atom. The second-order valence-corrected chi connectivity index (χ2v) is 11.7. The highest BCUT2D eigenvalue weighted by Gasteiger charge is 2.64. The molecule has 8 rings (SSSR count). The highest BCUT2D eigenvalue weighted by molar-refractivity contribution is 5.58. The van der Waals surface area contributed by atoms with Gasteiger partial charge in [-0.3, -0.25) is 0 Å². The monoisotopic (exact) mass is 476 g/mol. The van der Waals surface area contributed by atoms with Gasteiger partial charge in [0.15, 0.2) is 11.5 Å². The SMILES string of the molecule is Cc1cc(N2CC[C@](C)(c3cccc(F)c3)C2)cn2nc(C34CC(CO3)C4NCC3(N)CC3)nc12. The third kappa shape index (κ3) is 3.33. The first-order chi connectivity index (χ1) is 16.8. The summed E-state index contributed by atoms with van der Waals surface area (Å²) in [6, 6.07) is 9.46. The topological polar surface area (TPSA) is 80.7 Å². The van der Waals surface area contributed by atoms with E-state index in [0.29, 0.717) is 5.92 Å². The van der Waals surface area contributed by atoms with Crippen molar-refractivity contribution in [3.63, 3.8) is 0 Å². The fourth-order valence-electron chi connectivity index (χ4n) is 6.46. The standard InChI is InChI=1S/C27H33FN6O/c1-17-10-21(33-9-8-25(2,16-33)19-4-3-5-20(28)11-19)13-34-23(17)31-24(32-34)27-12-18(14-35-27)22(27)30-15-26(29)6-7-26/h3-5,10-11,13,18,22,30H,6-9,12,14-16,29H2,1-2H3/t18?,22?,25-,27?/m0/s1. The molecule has 3 N–H and O–H groups in total. The number of aryl methyl sites for hydroxylation is 1. The lowest BCUT2D eigenvalue weighted by atomic mass is 9.68. The van der Waals surface area contributed by atoms with Gasteiger partial charge in [-0.25, -0.2) is 13.9 Å². The zero-order valence-corrected chi connectivity index (χ0v) is 20.4. The molecule has 3 aromatic rings. The maximum absolute atomic E-state index is 13.9. The molecule has 2 aliphatic carbocycles. The first kappa shape index (κ1) is 21.7. The maximum Gasteiger partial charge on any atom is 0.185 e. The Morgan fingerprint density at radius 1 is 1.26 bits per heavy atom. The summed E-state index contributed by atoms with van der Waals surface area (Å²) in [7, 11) is 0. The van der Waals surface area contributed by atoms with Gasteiger partial charge in [0.2, 0.25) is 0 Å². The normalized spacial score (nSPS) is 32.9. The predicted molar refractivity (Wildman–Crippen MR) is 132 cm³/mol. The van der Waals surface area contributed by atoms with Gasteiger partial charge in [0.1, 0.15) is 11.4 Å². The summed E-state index contributed by atoms with van der Waals surface area (Å²) >= 11 is 0. The van der Waals surface area contributed by atoms with Gasteiger partial charge in [-0.15, -0.1) is 5.10 Å². The summed E-state index contributed by atoms with van der Waals surface area (Å²) in [5, 5.41) is 8.64. The third-order valence-corrected chi connectivity index (χ3v) is 9.00. The van der Waals surface area contributed by atoms with E-state index >= 15 is 0 Å². The number of nitrogens with zero attached hydrogens (tertiary/aromatic N) is 4. The van der Waals surface area contributed by atoms with Crippen molar-refractivity contribution < 1.29 is 9.13 Å². The number of benzene rings is 1. The van der Waals surface area contributed by atoms with Gasteiger partial charge in [-0.2, -0.15) is 0 Å². The summed E-state index contributed by atoms with van der Waals surface area (Å²) in [6.07, 6.45) is 6.20. The number of pyridine rings is 1. The molecule has 8 heteroatoms. The second-order valence-electron chi connectivity index (χ2n) is 11.7. The number of hydrogen-bond acceptors (Lipinski definition) is 6. The molecular formula is C27H33FN6O. The average Bonchev–Trinajstić information content (AvgIpc) is 3.28. The number of aromatic nitrogens is 3. The van der Waals surface area contributed by atoms with Gasteiger partial charge < -0.3 is 20.7 Å². The number of anilines is 1. The number of fused-ring (bicyclic) bond motifs is 2. The van der Waals surface area contributed by atoms with Gasteiger partial charge in [-0.05, 0) is 61.9 Å². The molecule has 2 aromatic heterocycles. The smallest absolute Gasteiger partial charge is 0.185 e. The minimum absolute atomic E-state index is 0.0379. The summed E-state index contributed by atoms with van der Waals surface area (Å²) in [5.41, 5.74) is 9.90. The predicted octanol–water partition coefficient (Wildman–Crippen LogP) is 3.04. The Labute approximate surface area is 204 Å². The average molecular weight is 477 g/mol. The molecule has 2 saturated carbocycles. The van der Waals surface area contributed by atoms with Crippen molar-refractivity contribution in [2.75, 3.05) is 31.1 Å². The molecule has 0 radical (unpaired) electrons. The van der Waals surface area contributed by atoms with Crippen LogP contribution in [0.2, 0.25) is 0 Å². The molecule has 3 unspecified atom stereocenters. The lowest BCUT2D eigenvalue weighted by Crippen LogP contribution is -2.60. The number of nitrogens with one attached hydrogen (secondary N) is 1. The highest BCUT2D eigenvalue weighted by Crippen LogP contribution is 2.54. The fourth-order valence-corrected chi connectivity index (χ4v) is 6.46. The third-order valence-electron chi connectivity index (χ3n) is 9.00. The molecule has 35 heavy (non-hydrogen) atoms. The van der Waals surface area contributed by atoms with Crippen molar-refractivity contribution in [3.05, 3.63) is 59.3 Å². The summed E-state index contributed by atoms with van der Waals surface area (Å²) in [6.45, 7) is 7.66. The van der Waals surface area contributed by atoms with Crippen LogP contribution in [0.15, 0.2) is 36.5 Å². The number of rotatable bonds is 6. The van der Waals surface area contributed by atoms with Crippen molar-refractivity contribution in [2.45, 2.75) is 62.1 Å². The molecule has 1 aromatic carbocycles. The van der Waals surface area contributed by atoms with Crippen molar-refractivity contribution in [1.29, 1.82) is 0 Å². The molecule has 4 atom stereocenters. The van der Waals surface area contributed by atoms with Crippen molar-refractivity contribution in [1.82, 2.24) is 19.9 Å². The Bertz CT molecular complexity index is 1320. The van der Waals surface area contributed by atoms with Crippen LogP contribution in [0, 0.1) is 18.7 Å². The van der Waals surface area contributed by atoms with E-state index in [-0.39, 0.29) is 22.8 Å². The van der Waals surface area contributed by atoms with E-state index in [2.05, 4.69) is 36.3 Å². The first-order valence-corrected chi connectivity index (χ1v) is 12.8. The zero-order chi connectivity index (χ0) is 24.0. The van der Waals surface area contributed by atoms with Crippen LogP contribution in [0.25, 0.3) is 5.65 Å². The van der Waals surface area contributed by atoms with E-state index in [0.717, 1.165) is 80.2 Å². The fraction of sp³-hybridized carbons (Fsp3) is 0.556. The number of ether oxygens (including phenoxy) is 1. The van der Waals surface area contributed by atoms with Crippen LogP contribution in [0.5, 0.6) is 0 Å². The largest absolute Gasteiger partial charge is 0.369 e. The Kier molecular flexibility index (Phi) is 4.49. The van der Waals surface area contributed by atoms with Gasteiger partial charge in [0, 0.05) is 42.5 Å². The minimum atomic E-state index is -0.446. The highest BCUT2D eigenvalue weighted by atomic mass is 19.1. The van der Waals surface area contributed by atoms with E-state index in [4.69, 9.17) is 20.6 Å². The minimum Gasteiger partial charge on any atom is -0.369 e. The molecule has 0 spiro atoms. The number of hydrogen-bond donors (Lipinski definition) is 2. The summed E-state index contributed by atoms with van der Waals surface area (Å²) in [4.78, 5) is 7.34. The van der Waals surface area contributed by atoms with E-state index in [1.165, 1.54) is 6.07 Å². The van der Waals surface area contributed by atoms with Crippen molar-refractivity contribution >= 4 is 11.3 Å². The van der Waals surface area contributed by atoms with Crippen molar-refractivity contribution in [3.8, 4) is 0 Å². The quantitative estimate of drug-likeness (QED) is 0.569. The summed E-state index contributed by atoms with van der Waals surface area (Å²) in [5.74, 6) is 1.11. The van der Waals surface area contributed by atoms with Gasteiger partial charge in [0.25, 0.3) is 0 Å². The molecule has 2 bridgehead atoms. The number of nitrogens with two attached hydrogens (primary N) is 1.